The molecular weight excluding hydrogens is 691 g/mol. The van der Waals surface area contributed by atoms with Crippen molar-refractivity contribution in [2.24, 2.45) is 0 Å². The fourth-order valence-corrected chi connectivity index (χ4v) is 41.6. The van der Waals surface area contributed by atoms with Crippen LogP contribution in [0.5, 0.6) is 0 Å². The van der Waals surface area contributed by atoms with Crippen LogP contribution in [0.4, 0.5) is 0 Å². The first kappa shape index (κ1) is 32.8. The SMILES string of the molecule is CCc1cccc(C2=[C]([Zr+2]([C]3=C(c4cccc(CC)c4)C=CC3)=[Ge]([c]3ccccc3)[c]3ccccc3)CC=C2)c1.[Cl-].[Cl-]. The fraction of sp³-hybridized carbons (Fsp3) is 0.158. The molecule has 0 atom stereocenters. The first-order valence-corrected chi connectivity index (χ1v) is 26.6. The third-order valence-electron chi connectivity index (χ3n) is 8.13. The monoisotopic (exact) mass is 726 g/mol. The largest absolute Gasteiger partial charge is 1.00 e. The van der Waals surface area contributed by atoms with E-state index in [4.69, 9.17) is 0 Å². The summed E-state index contributed by atoms with van der Waals surface area (Å²) in [5, 5.41) is 0. The molecule has 0 aliphatic heterocycles. The number of hydrogen-bond donors (Lipinski definition) is 0. The van der Waals surface area contributed by atoms with Gasteiger partial charge in [0.15, 0.2) is 0 Å². The van der Waals surface area contributed by atoms with Crippen LogP contribution in [-0.2, 0) is 31.5 Å². The number of aryl methyl sites for hydroxylation is 2. The molecule has 4 heteroatoms. The van der Waals surface area contributed by atoms with Crippen molar-refractivity contribution in [3.8, 4) is 0 Å². The van der Waals surface area contributed by atoms with E-state index in [2.05, 4.69) is 147 Å². The van der Waals surface area contributed by atoms with Gasteiger partial charge in [-0.1, -0.05) is 0 Å². The smallest absolute Gasteiger partial charge is 1.00 e. The van der Waals surface area contributed by atoms with Gasteiger partial charge in [0.25, 0.3) is 0 Å². The van der Waals surface area contributed by atoms with E-state index in [9.17, 15) is 0 Å². The van der Waals surface area contributed by atoms with Crippen molar-refractivity contribution in [2.45, 2.75) is 39.5 Å². The average molecular weight is 727 g/mol. The van der Waals surface area contributed by atoms with E-state index in [1.807, 2.05) is 0 Å². The molecule has 0 bridgehead atoms. The zero-order chi connectivity index (χ0) is 27.3. The summed E-state index contributed by atoms with van der Waals surface area (Å²) < 4.78 is 6.87. The van der Waals surface area contributed by atoms with E-state index >= 15 is 0 Å². The summed E-state index contributed by atoms with van der Waals surface area (Å²) in [6, 6.07) is 41.9. The Hall–Kier alpha value is -2.15. The summed E-state index contributed by atoms with van der Waals surface area (Å²) >= 11 is -2.45. The van der Waals surface area contributed by atoms with Crippen molar-refractivity contribution < 1.29 is 43.4 Å². The van der Waals surface area contributed by atoms with Gasteiger partial charge >= 0.3 is 250 Å². The van der Waals surface area contributed by atoms with Gasteiger partial charge in [0, 0.05) is 0 Å². The molecule has 0 amide bonds. The van der Waals surface area contributed by atoms with Gasteiger partial charge in [-0.05, 0) is 0 Å². The van der Waals surface area contributed by atoms with E-state index in [-0.39, 0.29) is 24.8 Å². The van der Waals surface area contributed by atoms with Crippen LogP contribution < -0.4 is 33.6 Å². The Morgan fingerprint density at radius 1 is 0.548 bits per heavy atom. The summed E-state index contributed by atoms with van der Waals surface area (Å²) in [4.78, 5) is 0. The number of allylic oxidation sites excluding steroid dienone is 8. The molecule has 4 aromatic carbocycles. The molecule has 6 rings (SSSR count). The maximum absolute atomic E-state index is 2.46. The molecule has 4 aromatic rings. The Kier molecular flexibility index (Phi) is 12.1. The predicted octanol–water partition coefficient (Wildman–Crippen LogP) is 2.29. The van der Waals surface area contributed by atoms with Crippen LogP contribution >= 0.6 is 0 Å². The second-order valence-corrected chi connectivity index (χ2v) is 32.0. The molecule has 0 saturated carbocycles. The van der Waals surface area contributed by atoms with Crippen molar-refractivity contribution in [1.82, 2.24) is 0 Å². The maximum atomic E-state index is 2.46. The molecule has 0 nitrogen and oxygen atoms in total. The first-order valence-electron chi connectivity index (χ1n) is 14.6. The van der Waals surface area contributed by atoms with Gasteiger partial charge in [0.2, 0.25) is 0 Å². The Morgan fingerprint density at radius 2 is 0.976 bits per heavy atom. The molecular formula is C38H36Cl2GeZr. The summed E-state index contributed by atoms with van der Waals surface area (Å²) in [6.07, 6.45) is 14.2. The summed E-state index contributed by atoms with van der Waals surface area (Å²) in [7, 11) is -1.92. The van der Waals surface area contributed by atoms with Gasteiger partial charge < -0.3 is 24.8 Å². The van der Waals surface area contributed by atoms with Crippen molar-refractivity contribution >= 4 is 29.9 Å². The predicted molar refractivity (Wildman–Crippen MR) is 171 cm³/mol. The average Bonchev–Trinajstić information content (AvgIpc) is 3.71. The minimum absolute atomic E-state index is 0. The van der Waals surface area contributed by atoms with E-state index in [1.165, 1.54) is 33.4 Å². The summed E-state index contributed by atoms with van der Waals surface area (Å²) in [5.74, 6) is 0. The maximum Gasteiger partial charge on any atom is -1.00 e. The van der Waals surface area contributed by atoms with Gasteiger partial charge in [0.05, 0.1) is 0 Å². The van der Waals surface area contributed by atoms with E-state index in [0.717, 1.165) is 25.7 Å². The Labute approximate surface area is 272 Å². The Morgan fingerprint density at radius 3 is 1.38 bits per heavy atom. The third-order valence-corrected chi connectivity index (χ3v) is 39.6. The fourth-order valence-electron chi connectivity index (χ4n) is 6.09. The molecule has 210 valence electrons. The number of rotatable bonds is 8. The van der Waals surface area contributed by atoms with E-state index < -0.39 is 28.6 Å². The topological polar surface area (TPSA) is 0 Å². The van der Waals surface area contributed by atoms with Crippen LogP contribution in [0.25, 0.3) is 11.1 Å². The zero-order valence-corrected chi connectivity index (χ0v) is 30.4. The van der Waals surface area contributed by atoms with Gasteiger partial charge in [0.1, 0.15) is 0 Å². The normalized spacial score (nSPS) is 13.5. The second-order valence-electron chi connectivity index (χ2n) is 10.6. The molecule has 2 aliphatic carbocycles. The van der Waals surface area contributed by atoms with Crippen LogP contribution in [0.1, 0.15) is 48.9 Å². The molecule has 0 spiro atoms. The van der Waals surface area contributed by atoms with Gasteiger partial charge in [-0.15, -0.1) is 0 Å². The quantitative estimate of drug-likeness (QED) is 0.245. The van der Waals surface area contributed by atoms with Crippen LogP contribution in [0.15, 0.2) is 140 Å². The standard InChI is InChI=1S/2C13H13.C12H10Ge.2ClH.Zr/c2*1-2-11-6-5-9-13(10-11)12-7-3-4-8-12;1-3-7-11(8-4-1)13-12-9-5-2-6-10-12;;;/h2*3,5-7,9-10H,2,4H2,1H3;1-10H;2*1H;/q;;;;;+2/p-2. The molecule has 0 saturated heterocycles. The van der Waals surface area contributed by atoms with Gasteiger partial charge in [-0.2, -0.15) is 0 Å². The molecule has 0 heterocycles. The van der Waals surface area contributed by atoms with Crippen molar-refractivity contribution in [3.63, 3.8) is 0 Å². The molecule has 0 N–H and O–H groups in total. The molecule has 0 fully saturated rings. The van der Waals surface area contributed by atoms with E-state index in [0.29, 0.717) is 0 Å². The number of benzene rings is 4. The van der Waals surface area contributed by atoms with E-state index in [1.54, 1.807) is 15.4 Å². The molecule has 0 unspecified atom stereocenters. The third kappa shape index (κ3) is 6.97. The molecule has 0 aromatic heterocycles. The van der Waals surface area contributed by atoms with Crippen molar-refractivity contribution in [1.29, 1.82) is 0 Å². The molecule has 0 radical (unpaired) electrons. The number of halogens is 2. The van der Waals surface area contributed by atoms with Crippen LogP contribution in [-0.4, -0.2) is 9.98 Å². The van der Waals surface area contributed by atoms with Gasteiger partial charge in [-0.25, -0.2) is 0 Å². The van der Waals surface area contributed by atoms with Crippen LogP contribution in [0, 0.1) is 0 Å². The summed E-state index contributed by atoms with van der Waals surface area (Å²) in [6.45, 7) is 4.53. The van der Waals surface area contributed by atoms with Crippen molar-refractivity contribution in [2.75, 3.05) is 0 Å². The minimum atomic E-state index is -2.45. The minimum Gasteiger partial charge on any atom is -1.00 e. The van der Waals surface area contributed by atoms with Crippen molar-refractivity contribution in [3.05, 3.63) is 162 Å². The second kappa shape index (κ2) is 15.5. The first-order chi connectivity index (χ1) is 19.8. The number of hydrogen-bond acceptors (Lipinski definition) is 0. The Bertz CT molecular complexity index is 1570. The summed E-state index contributed by atoms with van der Waals surface area (Å²) in [5.41, 5.74) is 8.75. The van der Waals surface area contributed by atoms with Gasteiger partial charge in [-0.3, -0.25) is 0 Å². The van der Waals surface area contributed by atoms with Crippen LogP contribution in [0.3, 0.4) is 0 Å². The Balaban J connectivity index is 0.00000202. The molecule has 2 aliphatic rings. The van der Waals surface area contributed by atoms with Crippen LogP contribution in [0.2, 0.25) is 0 Å². The molecule has 42 heavy (non-hydrogen) atoms. The zero-order valence-electron chi connectivity index (χ0n) is 24.3.